The second-order valence-corrected chi connectivity index (χ2v) is 3.88. The maximum absolute atomic E-state index is 11.7. The summed E-state index contributed by atoms with van der Waals surface area (Å²) in [5.41, 5.74) is 5.58. The minimum Gasteiger partial charge on any atom is -0.345 e. The molecule has 0 radical (unpaired) electrons. The van der Waals surface area contributed by atoms with Crippen molar-refractivity contribution in [1.82, 2.24) is 10.3 Å². The molecule has 0 aliphatic heterocycles. The van der Waals surface area contributed by atoms with Gasteiger partial charge >= 0.3 is 0 Å². The van der Waals surface area contributed by atoms with Crippen LogP contribution in [0.15, 0.2) is 23.1 Å². The number of aromatic nitrogens is 1. The first kappa shape index (κ1) is 9.92. The van der Waals surface area contributed by atoms with E-state index in [1.165, 1.54) is 18.3 Å². The number of nitrogens with two attached hydrogens (primary N) is 1. The molecule has 5 nitrogen and oxygen atoms in total. The van der Waals surface area contributed by atoms with Crippen LogP contribution in [0.3, 0.4) is 0 Å². The average molecular weight is 207 g/mol. The van der Waals surface area contributed by atoms with Crippen molar-refractivity contribution in [2.45, 2.75) is 18.4 Å². The zero-order chi connectivity index (χ0) is 10.9. The van der Waals surface area contributed by atoms with Crippen LogP contribution in [0.5, 0.6) is 0 Å². The quantitative estimate of drug-likeness (QED) is 0.630. The number of nitrogens with one attached hydrogen (secondary N) is 2. The SMILES string of the molecule is NCC1(NC(=O)c2ccc(=O)[nH]c2)CC1. The van der Waals surface area contributed by atoms with E-state index in [1.54, 1.807) is 0 Å². The molecule has 1 fully saturated rings. The molecule has 1 heterocycles. The number of carbonyl (C=O) groups is 1. The summed E-state index contributed by atoms with van der Waals surface area (Å²) < 4.78 is 0. The highest BCUT2D eigenvalue weighted by molar-refractivity contribution is 5.94. The Morgan fingerprint density at radius 3 is 2.73 bits per heavy atom. The van der Waals surface area contributed by atoms with E-state index >= 15 is 0 Å². The van der Waals surface area contributed by atoms with Crippen LogP contribution in [0.1, 0.15) is 23.2 Å². The predicted molar refractivity (Wildman–Crippen MR) is 55.5 cm³/mol. The van der Waals surface area contributed by atoms with Gasteiger partial charge in [0.25, 0.3) is 5.91 Å². The fraction of sp³-hybridized carbons (Fsp3) is 0.400. The Kier molecular flexibility index (Phi) is 2.32. The molecule has 0 atom stereocenters. The smallest absolute Gasteiger partial charge is 0.253 e. The van der Waals surface area contributed by atoms with Crippen molar-refractivity contribution >= 4 is 5.91 Å². The molecule has 0 unspecified atom stereocenters. The van der Waals surface area contributed by atoms with Gasteiger partial charge in [0.05, 0.1) is 11.1 Å². The largest absolute Gasteiger partial charge is 0.345 e. The lowest BCUT2D eigenvalue weighted by Crippen LogP contribution is -2.42. The van der Waals surface area contributed by atoms with Crippen molar-refractivity contribution in [3.8, 4) is 0 Å². The van der Waals surface area contributed by atoms with E-state index in [-0.39, 0.29) is 17.0 Å². The molecule has 0 saturated heterocycles. The van der Waals surface area contributed by atoms with Crippen LogP contribution in [0.2, 0.25) is 0 Å². The van der Waals surface area contributed by atoms with Crippen molar-refractivity contribution < 1.29 is 4.79 Å². The van der Waals surface area contributed by atoms with Crippen molar-refractivity contribution in [2.75, 3.05) is 6.54 Å². The standard InChI is InChI=1S/C10H13N3O2/c11-6-10(3-4-10)13-9(15)7-1-2-8(14)12-5-7/h1-2,5H,3-4,6,11H2,(H,12,14)(H,13,15). The van der Waals surface area contributed by atoms with Gasteiger partial charge in [-0.1, -0.05) is 0 Å². The third-order valence-corrected chi connectivity index (χ3v) is 2.67. The molecule has 80 valence electrons. The number of aromatic amines is 1. The molecule has 5 heteroatoms. The third kappa shape index (κ3) is 2.07. The van der Waals surface area contributed by atoms with E-state index < -0.39 is 0 Å². The molecular weight excluding hydrogens is 194 g/mol. The van der Waals surface area contributed by atoms with Crippen LogP contribution in [-0.4, -0.2) is 23.0 Å². The molecule has 1 aliphatic carbocycles. The highest BCUT2D eigenvalue weighted by Gasteiger charge is 2.42. The van der Waals surface area contributed by atoms with Gasteiger partial charge < -0.3 is 16.0 Å². The Bertz CT molecular complexity index is 414. The van der Waals surface area contributed by atoms with Gasteiger partial charge in [-0.3, -0.25) is 9.59 Å². The summed E-state index contributed by atoms with van der Waals surface area (Å²) in [6.45, 7) is 0.460. The minimum atomic E-state index is -0.216. The van der Waals surface area contributed by atoms with Crippen molar-refractivity contribution in [3.63, 3.8) is 0 Å². The van der Waals surface area contributed by atoms with Crippen molar-refractivity contribution in [1.29, 1.82) is 0 Å². The van der Waals surface area contributed by atoms with Crippen molar-refractivity contribution in [2.24, 2.45) is 5.73 Å². The summed E-state index contributed by atoms with van der Waals surface area (Å²) in [6.07, 6.45) is 3.27. The van der Waals surface area contributed by atoms with Gasteiger partial charge in [0.2, 0.25) is 5.56 Å². The number of amides is 1. The molecule has 1 aromatic rings. The minimum absolute atomic E-state index is 0.186. The summed E-state index contributed by atoms with van der Waals surface area (Å²) in [6, 6.07) is 2.83. The molecule has 1 aliphatic rings. The van der Waals surface area contributed by atoms with E-state index in [9.17, 15) is 9.59 Å². The Morgan fingerprint density at radius 2 is 2.27 bits per heavy atom. The van der Waals surface area contributed by atoms with E-state index in [0.29, 0.717) is 12.1 Å². The van der Waals surface area contributed by atoms with Crippen LogP contribution in [0, 0.1) is 0 Å². The highest BCUT2D eigenvalue weighted by Crippen LogP contribution is 2.34. The van der Waals surface area contributed by atoms with Gasteiger partial charge in [-0.15, -0.1) is 0 Å². The molecule has 15 heavy (non-hydrogen) atoms. The average Bonchev–Trinajstić information content (AvgIpc) is 2.99. The number of hydrogen-bond donors (Lipinski definition) is 3. The van der Waals surface area contributed by atoms with Crippen LogP contribution in [-0.2, 0) is 0 Å². The number of pyridine rings is 1. The van der Waals surface area contributed by atoms with Crippen LogP contribution in [0.4, 0.5) is 0 Å². The highest BCUT2D eigenvalue weighted by atomic mass is 16.2. The lowest BCUT2D eigenvalue weighted by Gasteiger charge is -2.14. The van der Waals surface area contributed by atoms with E-state index in [1.807, 2.05) is 0 Å². The van der Waals surface area contributed by atoms with Gasteiger partial charge in [-0.2, -0.15) is 0 Å². The second-order valence-electron chi connectivity index (χ2n) is 3.88. The van der Waals surface area contributed by atoms with Crippen LogP contribution < -0.4 is 16.6 Å². The maximum atomic E-state index is 11.7. The summed E-state index contributed by atoms with van der Waals surface area (Å²) >= 11 is 0. The second kappa shape index (κ2) is 3.51. The molecule has 0 bridgehead atoms. The number of hydrogen-bond acceptors (Lipinski definition) is 3. The molecule has 0 aromatic carbocycles. The number of carbonyl (C=O) groups excluding carboxylic acids is 1. The normalized spacial score (nSPS) is 17.1. The molecule has 2 rings (SSSR count). The van der Waals surface area contributed by atoms with Gasteiger partial charge in [0.15, 0.2) is 0 Å². The topological polar surface area (TPSA) is 88.0 Å². The van der Waals surface area contributed by atoms with Crippen LogP contribution in [0.25, 0.3) is 0 Å². The van der Waals surface area contributed by atoms with E-state index in [4.69, 9.17) is 5.73 Å². The van der Waals surface area contributed by atoms with Crippen LogP contribution >= 0.6 is 0 Å². The summed E-state index contributed by atoms with van der Waals surface area (Å²) in [7, 11) is 0. The lowest BCUT2D eigenvalue weighted by molar-refractivity contribution is 0.0932. The first-order chi connectivity index (χ1) is 7.15. The summed E-state index contributed by atoms with van der Waals surface area (Å²) in [4.78, 5) is 24.9. The Labute approximate surface area is 86.7 Å². The lowest BCUT2D eigenvalue weighted by atomic mass is 10.2. The Morgan fingerprint density at radius 1 is 1.53 bits per heavy atom. The molecular formula is C10H13N3O2. The molecule has 4 N–H and O–H groups in total. The zero-order valence-corrected chi connectivity index (χ0v) is 8.25. The van der Waals surface area contributed by atoms with Gasteiger partial charge in [-0.25, -0.2) is 0 Å². The monoisotopic (exact) mass is 207 g/mol. The molecule has 1 aromatic heterocycles. The number of rotatable bonds is 3. The predicted octanol–water partition coefficient (Wildman–Crippen LogP) is -0.404. The summed E-state index contributed by atoms with van der Waals surface area (Å²) in [5, 5.41) is 2.87. The van der Waals surface area contributed by atoms with Gasteiger partial charge in [0.1, 0.15) is 0 Å². The third-order valence-electron chi connectivity index (χ3n) is 2.67. The molecule has 0 spiro atoms. The fourth-order valence-electron chi connectivity index (χ4n) is 1.40. The van der Waals surface area contributed by atoms with E-state index in [0.717, 1.165) is 12.8 Å². The Hall–Kier alpha value is -1.62. The maximum Gasteiger partial charge on any atom is 0.253 e. The van der Waals surface area contributed by atoms with E-state index in [2.05, 4.69) is 10.3 Å². The van der Waals surface area contributed by atoms with Gasteiger partial charge in [0, 0.05) is 18.8 Å². The molecule has 1 saturated carbocycles. The van der Waals surface area contributed by atoms with Gasteiger partial charge in [-0.05, 0) is 18.9 Å². The summed E-state index contributed by atoms with van der Waals surface area (Å²) in [5.74, 6) is -0.186. The Balaban J connectivity index is 2.08. The first-order valence-corrected chi connectivity index (χ1v) is 4.87. The fourth-order valence-corrected chi connectivity index (χ4v) is 1.40. The first-order valence-electron chi connectivity index (χ1n) is 4.87. The molecule has 1 amide bonds. The van der Waals surface area contributed by atoms with Crippen molar-refractivity contribution in [3.05, 3.63) is 34.2 Å². The zero-order valence-electron chi connectivity index (χ0n) is 8.25. The number of H-pyrrole nitrogens is 1.